The Kier molecular flexibility index (Phi) is 7.37. The molecule has 2 amide bonds. The number of nitrogens with one attached hydrogen (secondary N) is 1. The SMILES string of the molecule is CCOc1cc2c(cc1OCC)CN(C(=O)C(NC(=O)c1cccs1)C(C)C)CC2. The van der Waals surface area contributed by atoms with Crippen LogP contribution in [0.1, 0.15) is 48.5 Å². The van der Waals surface area contributed by atoms with Crippen molar-refractivity contribution < 1.29 is 19.1 Å². The quantitative estimate of drug-likeness (QED) is 0.690. The van der Waals surface area contributed by atoms with Gasteiger partial charge in [0.05, 0.1) is 18.1 Å². The second kappa shape index (κ2) is 9.98. The molecule has 1 aromatic heterocycles. The van der Waals surface area contributed by atoms with Gasteiger partial charge in [-0.3, -0.25) is 9.59 Å². The summed E-state index contributed by atoms with van der Waals surface area (Å²) in [5.41, 5.74) is 2.24. The van der Waals surface area contributed by atoms with E-state index >= 15 is 0 Å². The number of hydrogen-bond acceptors (Lipinski definition) is 5. The van der Waals surface area contributed by atoms with E-state index in [1.54, 1.807) is 6.07 Å². The van der Waals surface area contributed by atoms with Crippen LogP contribution in [0.5, 0.6) is 11.5 Å². The smallest absolute Gasteiger partial charge is 0.262 e. The zero-order valence-corrected chi connectivity index (χ0v) is 18.9. The van der Waals surface area contributed by atoms with Crippen molar-refractivity contribution in [3.8, 4) is 11.5 Å². The maximum atomic E-state index is 13.3. The Balaban J connectivity index is 1.77. The van der Waals surface area contributed by atoms with Crippen molar-refractivity contribution in [2.75, 3.05) is 19.8 Å². The second-order valence-electron chi connectivity index (χ2n) is 7.62. The molecule has 0 aliphatic carbocycles. The van der Waals surface area contributed by atoms with Crippen molar-refractivity contribution in [3.63, 3.8) is 0 Å². The zero-order chi connectivity index (χ0) is 21.7. The van der Waals surface area contributed by atoms with E-state index in [0.717, 1.165) is 17.7 Å². The van der Waals surface area contributed by atoms with Crippen molar-refractivity contribution in [2.45, 2.75) is 46.7 Å². The van der Waals surface area contributed by atoms with Crippen LogP contribution in [0.15, 0.2) is 29.6 Å². The third-order valence-corrected chi connectivity index (χ3v) is 6.02. The van der Waals surface area contributed by atoms with Gasteiger partial charge in [-0.1, -0.05) is 19.9 Å². The van der Waals surface area contributed by atoms with Gasteiger partial charge >= 0.3 is 0 Å². The van der Waals surface area contributed by atoms with E-state index in [2.05, 4.69) is 5.32 Å². The van der Waals surface area contributed by atoms with Gasteiger partial charge in [0, 0.05) is 13.1 Å². The van der Waals surface area contributed by atoms with Gasteiger partial charge in [-0.05, 0) is 60.9 Å². The number of thiophene rings is 1. The molecule has 30 heavy (non-hydrogen) atoms. The maximum Gasteiger partial charge on any atom is 0.262 e. The third kappa shape index (κ3) is 4.95. The normalized spacial score (nSPS) is 14.2. The molecule has 7 heteroatoms. The molecule has 0 fully saturated rings. The summed E-state index contributed by atoms with van der Waals surface area (Å²) in [6.07, 6.45) is 0.747. The molecule has 1 aromatic carbocycles. The van der Waals surface area contributed by atoms with E-state index in [9.17, 15) is 9.59 Å². The van der Waals surface area contributed by atoms with Gasteiger partial charge in [-0.15, -0.1) is 11.3 Å². The predicted octanol–water partition coefficient (Wildman–Crippen LogP) is 3.88. The zero-order valence-electron chi connectivity index (χ0n) is 18.1. The molecule has 0 radical (unpaired) electrons. The number of ether oxygens (including phenoxy) is 2. The van der Waals surface area contributed by atoms with Crippen LogP contribution in [0.3, 0.4) is 0 Å². The van der Waals surface area contributed by atoms with Crippen molar-refractivity contribution in [2.24, 2.45) is 5.92 Å². The molecule has 2 heterocycles. The van der Waals surface area contributed by atoms with Crippen molar-refractivity contribution in [1.29, 1.82) is 0 Å². The lowest BCUT2D eigenvalue weighted by Crippen LogP contribution is -2.52. The minimum absolute atomic E-state index is 0.0119. The van der Waals surface area contributed by atoms with E-state index in [0.29, 0.717) is 36.9 Å². The number of hydrogen-bond donors (Lipinski definition) is 1. The van der Waals surface area contributed by atoms with Crippen LogP contribution in [0.2, 0.25) is 0 Å². The Hall–Kier alpha value is -2.54. The summed E-state index contributed by atoms with van der Waals surface area (Å²) in [6.45, 7) is 10.0. The number of amides is 2. The lowest BCUT2D eigenvalue weighted by Gasteiger charge is -2.33. The topological polar surface area (TPSA) is 67.9 Å². The molecular formula is C23H30N2O4S. The number of fused-ring (bicyclic) bond motifs is 1. The molecule has 1 aliphatic rings. The lowest BCUT2D eigenvalue weighted by molar-refractivity contribution is -0.135. The third-order valence-electron chi connectivity index (χ3n) is 5.15. The Morgan fingerprint density at radius 2 is 1.80 bits per heavy atom. The number of carbonyl (C=O) groups excluding carboxylic acids is 2. The summed E-state index contributed by atoms with van der Waals surface area (Å²) in [4.78, 5) is 28.3. The average molecular weight is 431 g/mol. The van der Waals surface area contributed by atoms with Crippen LogP contribution >= 0.6 is 11.3 Å². The number of benzene rings is 1. The first-order chi connectivity index (χ1) is 14.4. The fraction of sp³-hybridized carbons (Fsp3) is 0.478. The molecule has 3 rings (SSSR count). The minimum atomic E-state index is -0.560. The molecule has 0 bridgehead atoms. The summed E-state index contributed by atoms with van der Waals surface area (Å²) in [5, 5.41) is 4.79. The van der Waals surface area contributed by atoms with Crippen LogP contribution in [0, 0.1) is 5.92 Å². The monoisotopic (exact) mass is 430 g/mol. The number of carbonyl (C=O) groups is 2. The summed E-state index contributed by atoms with van der Waals surface area (Å²) < 4.78 is 11.5. The van der Waals surface area contributed by atoms with E-state index < -0.39 is 6.04 Å². The van der Waals surface area contributed by atoms with Crippen molar-refractivity contribution in [1.82, 2.24) is 10.2 Å². The highest BCUT2D eigenvalue weighted by molar-refractivity contribution is 7.12. The molecule has 2 aromatic rings. The first-order valence-electron chi connectivity index (χ1n) is 10.5. The fourth-order valence-corrected chi connectivity index (χ4v) is 4.25. The van der Waals surface area contributed by atoms with Gasteiger partial charge < -0.3 is 19.7 Å². The van der Waals surface area contributed by atoms with Gasteiger partial charge in [0.2, 0.25) is 5.91 Å². The molecule has 1 unspecified atom stereocenters. The predicted molar refractivity (Wildman–Crippen MR) is 118 cm³/mol. The van der Waals surface area contributed by atoms with Crippen LogP contribution < -0.4 is 14.8 Å². The maximum absolute atomic E-state index is 13.3. The molecule has 162 valence electrons. The highest BCUT2D eigenvalue weighted by Gasteiger charge is 2.31. The summed E-state index contributed by atoms with van der Waals surface area (Å²) >= 11 is 1.37. The molecular weight excluding hydrogens is 400 g/mol. The largest absolute Gasteiger partial charge is 0.490 e. The Morgan fingerprint density at radius 3 is 2.37 bits per heavy atom. The van der Waals surface area contributed by atoms with Gasteiger partial charge in [0.15, 0.2) is 11.5 Å². The fourth-order valence-electron chi connectivity index (χ4n) is 3.62. The Labute approximate surface area is 182 Å². The first-order valence-corrected chi connectivity index (χ1v) is 11.4. The van der Waals surface area contributed by atoms with Crippen molar-refractivity contribution >= 4 is 23.2 Å². The van der Waals surface area contributed by atoms with Gasteiger partial charge in [-0.25, -0.2) is 0 Å². The standard InChI is InChI=1S/C23H30N2O4S/c1-5-28-18-12-16-9-10-25(14-17(16)13-19(18)29-6-2)23(27)21(15(3)4)24-22(26)20-8-7-11-30-20/h7-8,11-13,15,21H,5-6,9-10,14H2,1-4H3,(H,24,26). The molecule has 6 nitrogen and oxygen atoms in total. The summed E-state index contributed by atoms with van der Waals surface area (Å²) in [5.74, 6) is 1.20. The number of nitrogens with zero attached hydrogens (tertiary/aromatic N) is 1. The van der Waals surface area contributed by atoms with E-state index in [-0.39, 0.29) is 17.7 Å². The average Bonchev–Trinajstić information content (AvgIpc) is 3.26. The van der Waals surface area contributed by atoms with Gasteiger partial charge in [-0.2, -0.15) is 0 Å². The molecule has 0 spiro atoms. The number of rotatable bonds is 8. The van der Waals surface area contributed by atoms with Crippen molar-refractivity contribution in [3.05, 3.63) is 45.6 Å². The Morgan fingerprint density at radius 1 is 1.13 bits per heavy atom. The van der Waals surface area contributed by atoms with Gasteiger partial charge in [0.1, 0.15) is 6.04 Å². The molecule has 1 aliphatic heterocycles. The van der Waals surface area contributed by atoms with E-state index in [1.807, 2.05) is 56.2 Å². The van der Waals surface area contributed by atoms with Crippen LogP contribution in [0.4, 0.5) is 0 Å². The second-order valence-corrected chi connectivity index (χ2v) is 8.56. The molecule has 1 N–H and O–H groups in total. The van der Waals surface area contributed by atoms with Crippen LogP contribution in [-0.4, -0.2) is 42.5 Å². The first kappa shape index (κ1) is 22.2. The minimum Gasteiger partial charge on any atom is -0.490 e. The molecule has 1 atom stereocenters. The lowest BCUT2D eigenvalue weighted by atomic mass is 9.96. The van der Waals surface area contributed by atoms with E-state index in [4.69, 9.17) is 9.47 Å². The van der Waals surface area contributed by atoms with Gasteiger partial charge in [0.25, 0.3) is 5.91 Å². The molecule has 0 saturated carbocycles. The summed E-state index contributed by atoms with van der Waals surface area (Å²) in [7, 11) is 0. The Bertz CT molecular complexity index is 880. The highest BCUT2D eigenvalue weighted by atomic mass is 32.1. The van der Waals surface area contributed by atoms with Crippen LogP contribution in [-0.2, 0) is 17.8 Å². The highest BCUT2D eigenvalue weighted by Crippen LogP contribution is 2.34. The van der Waals surface area contributed by atoms with Crippen LogP contribution in [0.25, 0.3) is 0 Å². The molecule has 0 saturated heterocycles. The van der Waals surface area contributed by atoms with E-state index in [1.165, 1.54) is 16.9 Å². The summed E-state index contributed by atoms with van der Waals surface area (Å²) in [6, 6.07) is 7.06.